The van der Waals surface area contributed by atoms with Gasteiger partial charge in [-0.15, -0.1) is 5.53 Å². The molecule has 116 valence electrons. The predicted molar refractivity (Wildman–Crippen MR) is 69.7 cm³/mol. The summed E-state index contributed by atoms with van der Waals surface area (Å²) in [6.45, 7) is 2.40. The van der Waals surface area contributed by atoms with Crippen LogP contribution in [-0.4, -0.2) is 64.7 Å². The van der Waals surface area contributed by atoms with Crippen molar-refractivity contribution in [1.29, 1.82) is 0 Å². The number of allylic oxidation sites excluding steroid dienone is 1. The van der Waals surface area contributed by atoms with Crippen molar-refractivity contribution in [1.82, 2.24) is 16.0 Å². The van der Waals surface area contributed by atoms with Crippen LogP contribution >= 0.6 is 0 Å². The summed E-state index contributed by atoms with van der Waals surface area (Å²) in [5, 5.41) is 31.4. The Kier molecular flexibility index (Phi) is 5.19. The lowest BCUT2D eigenvalue weighted by Crippen LogP contribution is -2.61. The number of methoxy groups -OCH3 is 1. The molecule has 0 aromatic heterocycles. The van der Waals surface area contributed by atoms with Gasteiger partial charge in [-0.1, -0.05) is 13.3 Å². The first-order valence-electron chi connectivity index (χ1n) is 6.78. The quantitative estimate of drug-likeness (QED) is 0.412. The van der Waals surface area contributed by atoms with Crippen molar-refractivity contribution in [3.05, 3.63) is 11.9 Å². The first kappa shape index (κ1) is 15.5. The van der Waals surface area contributed by atoms with E-state index in [0.29, 0.717) is 6.54 Å². The molecule has 5 N–H and O–H groups in total. The highest BCUT2D eigenvalue weighted by atomic mass is 16.7. The van der Waals surface area contributed by atoms with Crippen molar-refractivity contribution >= 4 is 0 Å². The Labute approximate surface area is 117 Å². The maximum atomic E-state index is 10.0. The van der Waals surface area contributed by atoms with Crippen molar-refractivity contribution in [2.45, 2.75) is 50.5 Å². The smallest absolute Gasteiger partial charge is 0.186 e. The SMILES string of the molecule is CCCC1=CNNN1CC1OC(OC)C(O)C(O)C1O. The minimum atomic E-state index is -1.30. The number of hydrazine groups is 2. The number of aliphatic hydroxyl groups excluding tert-OH is 3. The minimum Gasteiger partial charge on any atom is -0.388 e. The van der Waals surface area contributed by atoms with Crippen LogP contribution in [0.3, 0.4) is 0 Å². The van der Waals surface area contributed by atoms with Gasteiger partial charge in [-0.2, -0.15) is 0 Å². The van der Waals surface area contributed by atoms with Crippen LogP contribution in [0.15, 0.2) is 11.9 Å². The number of aliphatic hydroxyl groups is 3. The molecule has 0 aromatic rings. The van der Waals surface area contributed by atoms with E-state index in [1.807, 2.05) is 11.2 Å². The van der Waals surface area contributed by atoms with E-state index in [4.69, 9.17) is 9.47 Å². The van der Waals surface area contributed by atoms with Gasteiger partial charge in [0, 0.05) is 19.0 Å². The highest BCUT2D eigenvalue weighted by Crippen LogP contribution is 2.23. The van der Waals surface area contributed by atoms with Crippen molar-refractivity contribution in [2.75, 3.05) is 13.7 Å². The standard InChI is InChI=1S/C12H23N3O5/c1-3-4-7-5-13-14-15(7)6-8-9(16)10(17)11(18)12(19-2)20-8/h5,8-14,16-18H,3-4,6H2,1-2H3. The Morgan fingerprint density at radius 1 is 1.30 bits per heavy atom. The lowest BCUT2D eigenvalue weighted by Gasteiger charge is -2.41. The molecule has 1 saturated heterocycles. The Bertz CT molecular complexity index is 352. The summed E-state index contributed by atoms with van der Waals surface area (Å²) in [6, 6.07) is 0. The highest BCUT2D eigenvalue weighted by molar-refractivity contribution is 5.04. The third kappa shape index (κ3) is 3.05. The summed E-state index contributed by atoms with van der Waals surface area (Å²) < 4.78 is 10.5. The fraction of sp³-hybridized carbons (Fsp3) is 0.833. The van der Waals surface area contributed by atoms with Crippen LogP contribution in [-0.2, 0) is 9.47 Å². The minimum absolute atomic E-state index is 0.323. The Morgan fingerprint density at radius 3 is 2.70 bits per heavy atom. The van der Waals surface area contributed by atoms with E-state index in [-0.39, 0.29) is 0 Å². The molecule has 2 aliphatic rings. The van der Waals surface area contributed by atoms with Gasteiger partial charge in [-0.25, -0.2) is 0 Å². The molecule has 0 spiro atoms. The fourth-order valence-corrected chi connectivity index (χ4v) is 2.41. The van der Waals surface area contributed by atoms with Gasteiger partial charge in [0.25, 0.3) is 0 Å². The van der Waals surface area contributed by atoms with Crippen LogP contribution in [0, 0.1) is 0 Å². The molecule has 0 aliphatic carbocycles. The Hall–Kier alpha value is -0.900. The van der Waals surface area contributed by atoms with E-state index in [0.717, 1.165) is 18.5 Å². The summed E-state index contributed by atoms with van der Waals surface area (Å²) in [7, 11) is 1.38. The van der Waals surface area contributed by atoms with E-state index in [2.05, 4.69) is 17.9 Å². The molecule has 2 aliphatic heterocycles. The van der Waals surface area contributed by atoms with E-state index >= 15 is 0 Å². The van der Waals surface area contributed by atoms with E-state index in [9.17, 15) is 15.3 Å². The van der Waals surface area contributed by atoms with Gasteiger partial charge < -0.3 is 30.2 Å². The zero-order chi connectivity index (χ0) is 14.7. The molecule has 2 heterocycles. The van der Waals surface area contributed by atoms with Crippen molar-refractivity contribution in [3.63, 3.8) is 0 Å². The maximum Gasteiger partial charge on any atom is 0.186 e. The number of hydrogen-bond acceptors (Lipinski definition) is 8. The lowest BCUT2D eigenvalue weighted by molar-refractivity contribution is -0.291. The molecule has 0 aromatic carbocycles. The molecule has 5 atom stereocenters. The summed E-state index contributed by atoms with van der Waals surface area (Å²) >= 11 is 0. The van der Waals surface area contributed by atoms with Crippen LogP contribution in [0.2, 0.25) is 0 Å². The maximum absolute atomic E-state index is 10.0. The third-order valence-electron chi connectivity index (χ3n) is 3.55. The van der Waals surface area contributed by atoms with Gasteiger partial charge in [0.05, 0.1) is 6.54 Å². The molecular weight excluding hydrogens is 266 g/mol. The topological polar surface area (TPSA) is 106 Å². The molecule has 8 heteroatoms. The van der Waals surface area contributed by atoms with Gasteiger partial charge in [0.1, 0.15) is 24.4 Å². The normalized spacial score (nSPS) is 37.8. The molecule has 0 saturated carbocycles. The summed E-state index contributed by atoms with van der Waals surface area (Å²) in [5.74, 6) is 0. The first-order chi connectivity index (χ1) is 9.58. The second-order valence-corrected chi connectivity index (χ2v) is 5.00. The van der Waals surface area contributed by atoms with Crippen molar-refractivity contribution < 1.29 is 24.8 Å². The van der Waals surface area contributed by atoms with Gasteiger partial charge in [0.2, 0.25) is 0 Å². The molecule has 0 amide bonds. The summed E-state index contributed by atoms with van der Waals surface area (Å²) in [6.07, 6.45) is -1.66. The van der Waals surface area contributed by atoms with E-state index < -0.39 is 30.7 Å². The van der Waals surface area contributed by atoms with Crippen LogP contribution in [0.4, 0.5) is 0 Å². The van der Waals surface area contributed by atoms with E-state index in [1.54, 1.807) is 0 Å². The van der Waals surface area contributed by atoms with Gasteiger partial charge in [0.15, 0.2) is 6.29 Å². The number of nitrogens with one attached hydrogen (secondary N) is 2. The second kappa shape index (κ2) is 6.70. The molecule has 0 radical (unpaired) electrons. The average molecular weight is 289 g/mol. The van der Waals surface area contributed by atoms with Crippen molar-refractivity contribution in [2.24, 2.45) is 0 Å². The molecular formula is C12H23N3O5. The van der Waals surface area contributed by atoms with E-state index in [1.165, 1.54) is 7.11 Å². The van der Waals surface area contributed by atoms with Crippen LogP contribution < -0.4 is 11.0 Å². The number of rotatable bonds is 5. The Morgan fingerprint density at radius 2 is 2.05 bits per heavy atom. The molecule has 0 bridgehead atoms. The summed E-state index contributed by atoms with van der Waals surface area (Å²) in [4.78, 5) is 0. The monoisotopic (exact) mass is 289 g/mol. The number of hydrogen-bond donors (Lipinski definition) is 5. The summed E-state index contributed by atoms with van der Waals surface area (Å²) in [5.41, 5.74) is 6.86. The predicted octanol–water partition coefficient (Wildman–Crippen LogP) is -1.59. The zero-order valence-electron chi connectivity index (χ0n) is 11.7. The molecule has 20 heavy (non-hydrogen) atoms. The molecule has 2 rings (SSSR count). The number of nitrogens with zero attached hydrogens (tertiary/aromatic N) is 1. The van der Waals surface area contributed by atoms with Gasteiger partial charge in [-0.05, 0) is 6.42 Å². The second-order valence-electron chi connectivity index (χ2n) is 5.00. The van der Waals surface area contributed by atoms with Crippen LogP contribution in [0.25, 0.3) is 0 Å². The number of ether oxygens (including phenoxy) is 2. The molecule has 8 nitrogen and oxygen atoms in total. The molecule has 1 fully saturated rings. The Balaban J connectivity index is 1.99. The van der Waals surface area contributed by atoms with Gasteiger partial charge >= 0.3 is 0 Å². The van der Waals surface area contributed by atoms with Crippen LogP contribution in [0.1, 0.15) is 19.8 Å². The lowest BCUT2D eigenvalue weighted by atomic mass is 9.98. The van der Waals surface area contributed by atoms with Crippen molar-refractivity contribution in [3.8, 4) is 0 Å². The average Bonchev–Trinajstić information content (AvgIpc) is 2.87. The third-order valence-corrected chi connectivity index (χ3v) is 3.55. The highest BCUT2D eigenvalue weighted by Gasteiger charge is 2.44. The zero-order valence-corrected chi connectivity index (χ0v) is 11.7. The first-order valence-corrected chi connectivity index (χ1v) is 6.78. The van der Waals surface area contributed by atoms with Gasteiger partial charge in [-0.3, -0.25) is 5.01 Å². The fourth-order valence-electron chi connectivity index (χ4n) is 2.41. The largest absolute Gasteiger partial charge is 0.388 e. The van der Waals surface area contributed by atoms with Crippen LogP contribution in [0.5, 0.6) is 0 Å². The molecule has 5 unspecified atom stereocenters.